The molecule has 0 aliphatic rings. The number of nitrogens with zero attached hydrogens (tertiary/aromatic N) is 6. The highest BCUT2D eigenvalue weighted by Gasteiger charge is 2.13. The zero-order chi connectivity index (χ0) is 21.5. The number of benzene rings is 1. The maximum absolute atomic E-state index is 10.4. The van der Waals surface area contributed by atoms with Crippen LogP contribution in [0.3, 0.4) is 0 Å². The van der Waals surface area contributed by atoms with Crippen LogP contribution in [-0.4, -0.2) is 38.0 Å². The minimum atomic E-state index is 0.282. The fourth-order valence-corrected chi connectivity index (χ4v) is 2.89. The molecule has 0 aliphatic heterocycles. The van der Waals surface area contributed by atoms with Gasteiger partial charge in [-0.25, -0.2) is 19.9 Å². The second-order valence-corrected chi connectivity index (χ2v) is 6.43. The van der Waals surface area contributed by atoms with Crippen LogP contribution >= 0.6 is 0 Å². The molecule has 0 amide bonds. The molecule has 4 rings (SSSR count). The molecule has 3 aromatic heterocycles. The zero-order valence-corrected chi connectivity index (χ0v) is 16.3. The summed E-state index contributed by atoms with van der Waals surface area (Å²) in [6.07, 6.45) is 6.52. The molecule has 10 nitrogen and oxygen atoms in total. The number of H-pyrrole nitrogens is 1. The van der Waals surface area contributed by atoms with E-state index in [9.17, 15) is 4.91 Å². The number of rotatable bonds is 8. The van der Waals surface area contributed by atoms with E-state index in [4.69, 9.17) is 5.26 Å². The number of aromatic amines is 1. The lowest BCUT2D eigenvalue weighted by Crippen LogP contribution is -2.16. The largest absolute Gasteiger partial charge is 0.368 e. The summed E-state index contributed by atoms with van der Waals surface area (Å²) in [7, 11) is 0. The van der Waals surface area contributed by atoms with Crippen molar-refractivity contribution in [2.75, 3.05) is 23.7 Å². The van der Waals surface area contributed by atoms with Crippen LogP contribution in [0.25, 0.3) is 22.6 Å². The van der Waals surface area contributed by atoms with Gasteiger partial charge in [-0.2, -0.15) is 5.26 Å². The minimum absolute atomic E-state index is 0.282. The summed E-state index contributed by atoms with van der Waals surface area (Å²) in [5.41, 5.74) is 3.16. The van der Waals surface area contributed by atoms with Crippen LogP contribution < -0.4 is 10.6 Å². The van der Waals surface area contributed by atoms with Crippen molar-refractivity contribution < 1.29 is 0 Å². The van der Waals surface area contributed by atoms with Gasteiger partial charge in [0, 0.05) is 37.2 Å². The molecule has 31 heavy (non-hydrogen) atoms. The van der Waals surface area contributed by atoms with Gasteiger partial charge in [0.15, 0.2) is 0 Å². The topological polar surface area (TPSA) is 145 Å². The minimum Gasteiger partial charge on any atom is -0.368 e. The summed E-state index contributed by atoms with van der Waals surface area (Å²) in [5, 5.41) is 18.2. The Hall–Kier alpha value is -4.65. The van der Waals surface area contributed by atoms with Gasteiger partial charge < -0.3 is 15.6 Å². The van der Waals surface area contributed by atoms with Gasteiger partial charge >= 0.3 is 0 Å². The summed E-state index contributed by atoms with van der Waals surface area (Å²) < 4.78 is 0. The quantitative estimate of drug-likeness (QED) is 0.294. The van der Waals surface area contributed by atoms with Crippen molar-refractivity contribution >= 4 is 17.5 Å². The number of imidazole rings is 1. The van der Waals surface area contributed by atoms with Crippen molar-refractivity contribution in [2.45, 2.75) is 0 Å². The Labute approximate surface area is 177 Å². The zero-order valence-electron chi connectivity index (χ0n) is 16.3. The molecule has 0 saturated carbocycles. The van der Waals surface area contributed by atoms with Crippen molar-refractivity contribution in [2.24, 2.45) is 5.18 Å². The van der Waals surface area contributed by atoms with Crippen molar-refractivity contribution in [3.8, 4) is 28.7 Å². The Bertz CT molecular complexity index is 1200. The first-order chi connectivity index (χ1) is 15.3. The monoisotopic (exact) mass is 411 g/mol. The van der Waals surface area contributed by atoms with Crippen LogP contribution in [0.2, 0.25) is 0 Å². The van der Waals surface area contributed by atoms with Gasteiger partial charge in [0.25, 0.3) is 0 Å². The Morgan fingerprint density at radius 3 is 2.52 bits per heavy atom. The first kappa shape index (κ1) is 19.7. The maximum Gasteiger partial charge on any atom is 0.223 e. The fourth-order valence-electron chi connectivity index (χ4n) is 2.89. The van der Waals surface area contributed by atoms with E-state index in [0.717, 1.165) is 11.1 Å². The smallest absolute Gasteiger partial charge is 0.223 e. The van der Waals surface area contributed by atoms with Crippen LogP contribution in [-0.2, 0) is 0 Å². The SMILES string of the molecule is N#Cc1ccc(-c2nc(NCCNc3ccc(N=O)cn3)ncc2-c2ncc[nH]2)cc1. The molecule has 0 aliphatic carbocycles. The van der Waals surface area contributed by atoms with Gasteiger partial charge in [-0.1, -0.05) is 12.1 Å². The lowest BCUT2D eigenvalue weighted by atomic mass is 10.1. The Morgan fingerprint density at radius 1 is 1.00 bits per heavy atom. The molecule has 4 aromatic rings. The van der Waals surface area contributed by atoms with E-state index in [0.29, 0.717) is 41.9 Å². The molecule has 0 radical (unpaired) electrons. The van der Waals surface area contributed by atoms with Gasteiger partial charge in [0.05, 0.1) is 29.1 Å². The summed E-state index contributed by atoms with van der Waals surface area (Å²) in [6.45, 7) is 1.11. The van der Waals surface area contributed by atoms with E-state index in [1.807, 2.05) is 12.1 Å². The lowest BCUT2D eigenvalue weighted by molar-refractivity contribution is 1.02. The summed E-state index contributed by atoms with van der Waals surface area (Å²) >= 11 is 0. The Kier molecular flexibility index (Phi) is 5.85. The molecular formula is C21H17N9O. The van der Waals surface area contributed by atoms with Crippen molar-refractivity contribution in [3.05, 3.63) is 71.7 Å². The van der Waals surface area contributed by atoms with Crippen LogP contribution in [0.15, 0.2) is 66.4 Å². The molecule has 0 unspecified atom stereocenters. The number of nitriles is 1. The highest BCUT2D eigenvalue weighted by Crippen LogP contribution is 2.29. The molecular weight excluding hydrogens is 394 g/mol. The second-order valence-electron chi connectivity index (χ2n) is 6.43. The fraction of sp³-hybridized carbons (Fsp3) is 0.0952. The number of nitrogens with one attached hydrogen (secondary N) is 3. The molecule has 0 spiro atoms. The van der Waals surface area contributed by atoms with Gasteiger partial charge in [0.1, 0.15) is 17.3 Å². The number of nitroso groups, excluding NO2 is 1. The summed E-state index contributed by atoms with van der Waals surface area (Å²) in [4.78, 5) is 31.0. The third kappa shape index (κ3) is 4.68. The second kappa shape index (κ2) is 9.23. The van der Waals surface area contributed by atoms with Crippen LogP contribution in [0, 0.1) is 16.2 Å². The molecule has 3 heterocycles. The Balaban J connectivity index is 1.49. The number of hydrogen-bond donors (Lipinski definition) is 3. The number of pyridine rings is 1. The molecule has 3 N–H and O–H groups in total. The average Bonchev–Trinajstić information content (AvgIpc) is 3.37. The van der Waals surface area contributed by atoms with Crippen LogP contribution in [0.4, 0.5) is 17.5 Å². The van der Waals surface area contributed by atoms with E-state index < -0.39 is 0 Å². The molecule has 0 fully saturated rings. The molecule has 0 atom stereocenters. The lowest BCUT2D eigenvalue weighted by Gasteiger charge is -2.11. The summed E-state index contributed by atoms with van der Waals surface area (Å²) in [6, 6.07) is 12.6. The normalized spacial score (nSPS) is 10.3. The van der Waals surface area contributed by atoms with Gasteiger partial charge in [-0.05, 0) is 29.4 Å². The van der Waals surface area contributed by atoms with Crippen molar-refractivity contribution in [1.29, 1.82) is 5.26 Å². The third-order valence-electron chi connectivity index (χ3n) is 4.40. The maximum atomic E-state index is 10.4. The van der Waals surface area contributed by atoms with E-state index >= 15 is 0 Å². The molecule has 152 valence electrons. The van der Waals surface area contributed by atoms with Crippen LogP contribution in [0.5, 0.6) is 0 Å². The standard InChI is InChI=1S/C21H17N9O/c22-11-14-1-3-15(4-2-14)19-17(20-24-8-9-25-20)13-28-21(29-19)26-10-7-23-18-6-5-16(30-31)12-27-18/h1-6,8-9,12-13H,7,10H2,(H,23,27)(H,24,25)(H,26,28,29). The number of hydrogen-bond acceptors (Lipinski definition) is 9. The third-order valence-corrected chi connectivity index (χ3v) is 4.40. The first-order valence-electron chi connectivity index (χ1n) is 9.41. The predicted molar refractivity (Wildman–Crippen MR) is 116 cm³/mol. The number of aromatic nitrogens is 5. The number of anilines is 2. The van der Waals surface area contributed by atoms with Crippen LogP contribution in [0.1, 0.15) is 5.56 Å². The van der Waals surface area contributed by atoms with E-state index in [2.05, 4.69) is 46.8 Å². The Morgan fingerprint density at radius 2 is 1.84 bits per heavy atom. The summed E-state index contributed by atoms with van der Waals surface area (Å²) in [5.74, 6) is 1.76. The van der Waals surface area contributed by atoms with E-state index in [1.54, 1.807) is 42.9 Å². The van der Waals surface area contributed by atoms with Gasteiger partial charge in [-0.15, -0.1) is 4.91 Å². The highest BCUT2D eigenvalue weighted by molar-refractivity contribution is 5.77. The first-order valence-corrected chi connectivity index (χ1v) is 9.41. The average molecular weight is 411 g/mol. The van der Waals surface area contributed by atoms with Gasteiger partial charge in [-0.3, -0.25) is 0 Å². The highest BCUT2D eigenvalue weighted by atomic mass is 16.3. The van der Waals surface area contributed by atoms with E-state index in [-0.39, 0.29) is 5.69 Å². The predicted octanol–water partition coefficient (Wildman–Crippen LogP) is 3.72. The van der Waals surface area contributed by atoms with Crippen molar-refractivity contribution in [1.82, 2.24) is 24.9 Å². The molecule has 0 bridgehead atoms. The van der Waals surface area contributed by atoms with Gasteiger partial charge in [0.2, 0.25) is 5.95 Å². The van der Waals surface area contributed by atoms with Crippen molar-refractivity contribution in [3.63, 3.8) is 0 Å². The van der Waals surface area contributed by atoms with E-state index in [1.165, 1.54) is 6.20 Å². The molecule has 0 saturated heterocycles. The molecule has 1 aromatic carbocycles. The molecule has 10 heteroatoms.